The summed E-state index contributed by atoms with van der Waals surface area (Å²) < 4.78 is 5.13. The van der Waals surface area contributed by atoms with Crippen LogP contribution in [0.25, 0.3) is 0 Å². The molecule has 2 heteroatoms. The fraction of sp³-hybridized carbons (Fsp3) is 0.917. The molecule has 0 aliphatic carbocycles. The summed E-state index contributed by atoms with van der Waals surface area (Å²) in [5, 5.41) is 0. The Bertz CT molecular complexity index is 590. The highest BCUT2D eigenvalue weighted by Gasteiger charge is 2.15. The summed E-state index contributed by atoms with van der Waals surface area (Å²) in [5.41, 5.74) is 0. The number of aryl methyl sites for hydroxylation is 2. The van der Waals surface area contributed by atoms with Crippen LogP contribution in [0.4, 0.5) is 0 Å². The van der Waals surface area contributed by atoms with Crippen LogP contribution in [-0.2, 0) is 19.5 Å². The molecule has 0 amide bonds. The standard InChI is InChI=1S/C36H71N2/c1-4-7-9-11-13-15-17-18-19-20-21-23-25-27-29-31-36-37(32-6-3)34-35-38(36)33-30-28-26-24-22-16-14-12-10-8-5-2/h34-35H,4-33H2,1-3H3/q+1. The lowest BCUT2D eigenvalue weighted by molar-refractivity contribution is -0.703. The van der Waals surface area contributed by atoms with Crippen LogP contribution in [0.5, 0.6) is 0 Å². The quantitative estimate of drug-likeness (QED) is 0.0689. The van der Waals surface area contributed by atoms with E-state index in [4.69, 9.17) is 0 Å². The summed E-state index contributed by atoms with van der Waals surface area (Å²) in [5.74, 6) is 1.59. The molecule has 0 aliphatic heterocycles. The lowest BCUT2D eigenvalue weighted by Gasteiger charge is -2.06. The van der Waals surface area contributed by atoms with Crippen LogP contribution >= 0.6 is 0 Å². The lowest BCUT2D eigenvalue weighted by atomic mass is 10.0. The van der Waals surface area contributed by atoms with Gasteiger partial charge in [0.2, 0.25) is 0 Å². The minimum absolute atomic E-state index is 1.18. The Morgan fingerprint density at radius 2 is 0.816 bits per heavy atom. The van der Waals surface area contributed by atoms with E-state index < -0.39 is 0 Å². The Morgan fingerprint density at radius 1 is 0.447 bits per heavy atom. The van der Waals surface area contributed by atoms with Gasteiger partial charge in [-0.05, 0) is 25.7 Å². The fourth-order valence-corrected chi connectivity index (χ4v) is 6.03. The average molecular weight is 532 g/mol. The third-order valence-electron chi connectivity index (χ3n) is 8.56. The van der Waals surface area contributed by atoms with Crippen molar-refractivity contribution in [3.8, 4) is 0 Å². The van der Waals surface area contributed by atoms with Gasteiger partial charge in [-0.15, -0.1) is 0 Å². The van der Waals surface area contributed by atoms with Crippen LogP contribution in [0.15, 0.2) is 12.4 Å². The molecule has 0 spiro atoms. The second-order valence-corrected chi connectivity index (χ2v) is 12.3. The van der Waals surface area contributed by atoms with E-state index in [1.165, 1.54) is 193 Å². The second-order valence-electron chi connectivity index (χ2n) is 12.3. The van der Waals surface area contributed by atoms with E-state index in [1.54, 1.807) is 5.82 Å². The SMILES string of the molecule is CCCCCCCCCCCCCCCCCc1n(CCCCCCCCCCCCC)cc[n+]1CCC. The number of rotatable bonds is 30. The molecule has 1 heterocycles. The molecule has 0 N–H and O–H groups in total. The van der Waals surface area contributed by atoms with Crippen molar-refractivity contribution >= 4 is 0 Å². The zero-order chi connectivity index (χ0) is 27.4. The first-order valence-electron chi connectivity index (χ1n) is 17.9. The van der Waals surface area contributed by atoms with Gasteiger partial charge in [-0.1, -0.05) is 168 Å². The van der Waals surface area contributed by atoms with Crippen molar-refractivity contribution in [1.82, 2.24) is 4.57 Å². The summed E-state index contributed by atoms with van der Waals surface area (Å²) in [6.45, 7) is 9.33. The van der Waals surface area contributed by atoms with E-state index in [2.05, 4.69) is 42.3 Å². The van der Waals surface area contributed by atoms with Crippen molar-refractivity contribution in [3.63, 3.8) is 0 Å². The van der Waals surface area contributed by atoms with E-state index >= 15 is 0 Å². The van der Waals surface area contributed by atoms with Gasteiger partial charge in [0.1, 0.15) is 12.4 Å². The number of imidazole rings is 1. The Morgan fingerprint density at radius 3 is 1.21 bits per heavy atom. The molecule has 0 saturated carbocycles. The first-order valence-corrected chi connectivity index (χ1v) is 17.9. The van der Waals surface area contributed by atoms with Crippen LogP contribution in [-0.4, -0.2) is 4.57 Å². The van der Waals surface area contributed by atoms with Crippen LogP contribution in [0.2, 0.25) is 0 Å². The minimum atomic E-state index is 1.18. The number of aromatic nitrogens is 2. The van der Waals surface area contributed by atoms with Gasteiger partial charge in [0, 0.05) is 6.42 Å². The van der Waals surface area contributed by atoms with Gasteiger partial charge in [-0.3, -0.25) is 0 Å². The zero-order valence-electron chi connectivity index (χ0n) is 26.8. The third-order valence-corrected chi connectivity index (χ3v) is 8.56. The topological polar surface area (TPSA) is 8.81 Å². The highest BCUT2D eigenvalue weighted by molar-refractivity contribution is 4.84. The average Bonchev–Trinajstić information content (AvgIpc) is 3.30. The van der Waals surface area contributed by atoms with Gasteiger partial charge >= 0.3 is 0 Å². The van der Waals surface area contributed by atoms with E-state index in [0.717, 1.165) is 0 Å². The summed E-state index contributed by atoms with van der Waals surface area (Å²) in [6, 6.07) is 0. The molecular weight excluding hydrogens is 460 g/mol. The summed E-state index contributed by atoms with van der Waals surface area (Å²) in [4.78, 5) is 0. The van der Waals surface area contributed by atoms with Gasteiger partial charge < -0.3 is 0 Å². The van der Waals surface area contributed by atoms with Gasteiger partial charge in [-0.25, -0.2) is 9.13 Å². The molecule has 2 nitrogen and oxygen atoms in total. The number of nitrogens with zero attached hydrogens (tertiary/aromatic N) is 2. The maximum absolute atomic E-state index is 2.59. The van der Waals surface area contributed by atoms with Gasteiger partial charge in [0.15, 0.2) is 0 Å². The van der Waals surface area contributed by atoms with Gasteiger partial charge in [-0.2, -0.15) is 0 Å². The van der Waals surface area contributed by atoms with Crippen LogP contribution in [0, 0.1) is 0 Å². The molecule has 224 valence electrons. The number of unbranched alkanes of at least 4 members (excludes halogenated alkanes) is 24. The molecule has 0 bridgehead atoms. The van der Waals surface area contributed by atoms with E-state index in [9.17, 15) is 0 Å². The molecular formula is C36H71N2+. The smallest absolute Gasteiger partial charge is 0.234 e. The molecule has 0 atom stereocenters. The highest BCUT2D eigenvalue weighted by Crippen LogP contribution is 2.15. The maximum Gasteiger partial charge on any atom is 0.256 e. The summed E-state index contributed by atoms with van der Waals surface area (Å²) in [7, 11) is 0. The molecule has 0 aliphatic rings. The predicted octanol–water partition coefficient (Wildman–Crippen LogP) is 11.9. The predicted molar refractivity (Wildman–Crippen MR) is 170 cm³/mol. The Hall–Kier alpha value is -0.790. The Kier molecular flexibility index (Phi) is 25.7. The summed E-state index contributed by atoms with van der Waals surface area (Å²) in [6.07, 6.45) is 44.6. The molecule has 1 rings (SSSR count). The van der Waals surface area contributed by atoms with Crippen molar-refractivity contribution in [2.45, 2.75) is 214 Å². The summed E-state index contributed by atoms with van der Waals surface area (Å²) >= 11 is 0. The highest BCUT2D eigenvalue weighted by atomic mass is 15.1. The van der Waals surface area contributed by atoms with Crippen LogP contribution in [0.3, 0.4) is 0 Å². The first-order chi connectivity index (χ1) is 18.8. The molecule has 1 aromatic rings. The monoisotopic (exact) mass is 532 g/mol. The molecule has 38 heavy (non-hydrogen) atoms. The fourth-order valence-electron chi connectivity index (χ4n) is 6.03. The van der Waals surface area contributed by atoms with Crippen LogP contribution < -0.4 is 4.57 Å². The molecule has 0 radical (unpaired) electrons. The molecule has 0 fully saturated rings. The first kappa shape index (κ1) is 35.2. The van der Waals surface area contributed by atoms with Crippen molar-refractivity contribution in [1.29, 1.82) is 0 Å². The number of hydrogen-bond donors (Lipinski definition) is 0. The molecule has 0 aromatic carbocycles. The Labute approximate surface area is 240 Å². The lowest BCUT2D eigenvalue weighted by Crippen LogP contribution is -2.37. The van der Waals surface area contributed by atoms with Crippen molar-refractivity contribution in [2.24, 2.45) is 0 Å². The van der Waals surface area contributed by atoms with Gasteiger partial charge in [0.05, 0.1) is 13.1 Å². The number of hydrogen-bond acceptors (Lipinski definition) is 0. The maximum atomic E-state index is 2.59. The zero-order valence-corrected chi connectivity index (χ0v) is 26.8. The van der Waals surface area contributed by atoms with Crippen molar-refractivity contribution < 1.29 is 4.57 Å². The minimum Gasteiger partial charge on any atom is -0.234 e. The van der Waals surface area contributed by atoms with Crippen molar-refractivity contribution in [2.75, 3.05) is 0 Å². The van der Waals surface area contributed by atoms with Crippen molar-refractivity contribution in [3.05, 3.63) is 18.2 Å². The Balaban J connectivity index is 2.06. The second kappa shape index (κ2) is 27.8. The molecule has 0 saturated heterocycles. The largest absolute Gasteiger partial charge is 0.256 e. The van der Waals surface area contributed by atoms with E-state index in [-0.39, 0.29) is 0 Å². The molecule has 0 unspecified atom stereocenters. The van der Waals surface area contributed by atoms with E-state index in [1.807, 2.05) is 0 Å². The molecule has 1 aromatic heterocycles. The van der Waals surface area contributed by atoms with Crippen LogP contribution in [0.1, 0.15) is 200 Å². The van der Waals surface area contributed by atoms with E-state index in [0.29, 0.717) is 0 Å². The third kappa shape index (κ3) is 20.2. The van der Waals surface area contributed by atoms with Gasteiger partial charge in [0.25, 0.3) is 5.82 Å². The normalized spacial score (nSPS) is 11.6.